The van der Waals surface area contributed by atoms with E-state index in [9.17, 15) is 10.2 Å². The van der Waals surface area contributed by atoms with E-state index >= 15 is 0 Å². The first kappa shape index (κ1) is 12.4. The number of rotatable bonds is 7. The number of phenolic OH excluding ortho intramolecular Hbond substituents is 1. The van der Waals surface area contributed by atoms with Crippen LogP contribution in [-0.4, -0.2) is 16.3 Å². The SMILES string of the molecule is [2H]C1([2H])CC[C@@H](c2ccc(C(C)(C)CCCCCC)cc2O)C([2H])([2H])[C@@]1([2H])O. The van der Waals surface area contributed by atoms with E-state index in [1.54, 1.807) is 12.1 Å². The summed E-state index contributed by atoms with van der Waals surface area (Å²) < 4.78 is 40.1. The van der Waals surface area contributed by atoms with Crippen molar-refractivity contribution >= 4 is 0 Å². The van der Waals surface area contributed by atoms with Crippen molar-refractivity contribution in [3.8, 4) is 5.75 Å². The fraction of sp³-hybridized carbons (Fsp3) is 0.714. The smallest absolute Gasteiger partial charge is 0.119 e. The Morgan fingerprint density at radius 1 is 1.30 bits per heavy atom. The molecular formula is C21H34O2. The molecule has 2 atom stereocenters. The van der Waals surface area contributed by atoms with Crippen molar-refractivity contribution in [2.75, 3.05) is 0 Å². The standard InChI is InChI=1S/C21H34O2/c1-4-5-6-7-13-21(2,3)17-11-12-19(20(23)15-17)16-9-8-10-18(22)14-16/h11-12,15-16,18,22-23H,4-10,13-14H2,1-3H3/t16-,18+/m1/s1/i10D2,14D2,18D. The molecule has 1 aliphatic rings. The number of benzene rings is 1. The lowest BCUT2D eigenvalue weighted by Crippen LogP contribution is -2.19. The Bertz CT molecular complexity index is 685. The lowest BCUT2D eigenvalue weighted by Gasteiger charge is -2.29. The third-order valence-corrected chi connectivity index (χ3v) is 4.88. The van der Waals surface area contributed by atoms with E-state index in [0.29, 0.717) is 5.56 Å². The molecule has 0 amide bonds. The maximum atomic E-state index is 10.6. The van der Waals surface area contributed by atoms with E-state index in [4.69, 9.17) is 6.85 Å². The summed E-state index contributed by atoms with van der Waals surface area (Å²) in [5.41, 5.74) is 1.18. The summed E-state index contributed by atoms with van der Waals surface area (Å²) >= 11 is 0. The number of hydrogen-bond donors (Lipinski definition) is 2. The van der Waals surface area contributed by atoms with Crippen molar-refractivity contribution in [2.45, 2.75) is 95.9 Å². The molecule has 0 bridgehead atoms. The second-order valence-corrected chi connectivity index (χ2v) is 7.23. The summed E-state index contributed by atoms with van der Waals surface area (Å²) in [4.78, 5) is 0. The van der Waals surface area contributed by atoms with Crippen molar-refractivity contribution in [1.82, 2.24) is 0 Å². The van der Waals surface area contributed by atoms with Crippen LogP contribution in [0.3, 0.4) is 0 Å². The molecule has 2 rings (SSSR count). The Balaban J connectivity index is 2.27. The number of hydrogen-bond acceptors (Lipinski definition) is 2. The molecule has 1 fully saturated rings. The first-order valence-electron chi connectivity index (χ1n) is 11.3. The highest BCUT2D eigenvalue weighted by atomic mass is 16.3. The van der Waals surface area contributed by atoms with Gasteiger partial charge in [-0.05, 0) is 54.1 Å². The molecule has 1 aliphatic carbocycles. The van der Waals surface area contributed by atoms with Gasteiger partial charge in [0, 0.05) is 5.48 Å². The molecule has 1 aromatic rings. The molecule has 2 heteroatoms. The highest BCUT2D eigenvalue weighted by Gasteiger charge is 2.26. The van der Waals surface area contributed by atoms with Crippen LogP contribution in [0.25, 0.3) is 0 Å². The van der Waals surface area contributed by atoms with E-state index in [-0.39, 0.29) is 24.0 Å². The minimum Gasteiger partial charge on any atom is -0.508 e. The summed E-state index contributed by atoms with van der Waals surface area (Å²) in [6.07, 6.45) is -2.11. The monoisotopic (exact) mass is 323 g/mol. The van der Waals surface area contributed by atoms with Gasteiger partial charge < -0.3 is 10.2 Å². The average molecular weight is 324 g/mol. The maximum Gasteiger partial charge on any atom is 0.119 e. The molecule has 0 spiro atoms. The summed E-state index contributed by atoms with van der Waals surface area (Å²) in [5.74, 6) is -0.994. The van der Waals surface area contributed by atoms with E-state index < -0.39 is 24.7 Å². The van der Waals surface area contributed by atoms with Crippen molar-refractivity contribution in [2.24, 2.45) is 0 Å². The molecule has 1 saturated carbocycles. The van der Waals surface area contributed by atoms with Crippen LogP contribution in [0.5, 0.6) is 5.75 Å². The molecule has 0 radical (unpaired) electrons. The predicted octanol–water partition coefficient (Wildman–Crippen LogP) is 5.66. The second-order valence-electron chi connectivity index (χ2n) is 7.23. The van der Waals surface area contributed by atoms with Crippen molar-refractivity contribution in [1.29, 1.82) is 0 Å². The van der Waals surface area contributed by atoms with Gasteiger partial charge in [-0.3, -0.25) is 0 Å². The lowest BCUT2D eigenvalue weighted by atomic mass is 9.77. The fourth-order valence-corrected chi connectivity index (χ4v) is 3.25. The zero-order chi connectivity index (χ0) is 21.4. The Kier molecular flexibility index (Phi) is 4.40. The molecule has 0 heterocycles. The van der Waals surface area contributed by atoms with Crippen molar-refractivity contribution < 1.29 is 17.1 Å². The number of unbranched alkanes of at least 4 members (excludes halogenated alkanes) is 3. The van der Waals surface area contributed by atoms with Gasteiger partial charge in [0.25, 0.3) is 0 Å². The van der Waals surface area contributed by atoms with Crippen LogP contribution in [0.15, 0.2) is 18.2 Å². The molecule has 130 valence electrons. The fourth-order valence-electron chi connectivity index (χ4n) is 3.25. The van der Waals surface area contributed by atoms with Crippen LogP contribution in [0.4, 0.5) is 0 Å². The Morgan fingerprint density at radius 3 is 2.78 bits per heavy atom. The zero-order valence-electron chi connectivity index (χ0n) is 19.7. The Morgan fingerprint density at radius 2 is 2.09 bits per heavy atom. The van der Waals surface area contributed by atoms with Gasteiger partial charge in [0.05, 0.1) is 7.45 Å². The van der Waals surface area contributed by atoms with Gasteiger partial charge in [0.2, 0.25) is 0 Å². The number of aromatic hydroxyl groups is 1. The van der Waals surface area contributed by atoms with Crippen molar-refractivity contribution in [3.05, 3.63) is 29.3 Å². The highest BCUT2D eigenvalue weighted by molar-refractivity contribution is 5.41. The first-order valence-corrected chi connectivity index (χ1v) is 8.84. The van der Waals surface area contributed by atoms with Gasteiger partial charge in [-0.25, -0.2) is 0 Å². The summed E-state index contributed by atoms with van der Waals surface area (Å²) in [5, 5.41) is 21.0. The molecule has 23 heavy (non-hydrogen) atoms. The van der Waals surface area contributed by atoms with E-state index in [1.165, 1.54) is 19.3 Å². The predicted molar refractivity (Wildman–Crippen MR) is 97.1 cm³/mol. The molecule has 2 nitrogen and oxygen atoms in total. The molecule has 1 aromatic carbocycles. The van der Waals surface area contributed by atoms with Gasteiger partial charge >= 0.3 is 0 Å². The minimum atomic E-state index is -2.88. The van der Waals surface area contributed by atoms with Crippen LogP contribution in [-0.2, 0) is 5.41 Å². The quantitative estimate of drug-likeness (QED) is 0.636. The van der Waals surface area contributed by atoms with Crippen LogP contribution in [0.1, 0.15) is 102 Å². The third-order valence-electron chi connectivity index (χ3n) is 4.88. The van der Waals surface area contributed by atoms with Gasteiger partial charge in [-0.1, -0.05) is 65.0 Å². The third kappa shape index (κ3) is 4.97. The summed E-state index contributed by atoms with van der Waals surface area (Å²) in [6, 6.07) is 5.23. The maximum absolute atomic E-state index is 10.6. The normalized spacial score (nSPS) is 33.0. The van der Waals surface area contributed by atoms with Crippen LogP contribution < -0.4 is 0 Å². The topological polar surface area (TPSA) is 40.5 Å². The highest BCUT2D eigenvalue weighted by Crippen LogP contribution is 2.40. The molecule has 0 aliphatic heterocycles. The molecular weight excluding hydrogens is 284 g/mol. The average Bonchev–Trinajstić information content (AvgIpc) is 2.58. The lowest BCUT2D eigenvalue weighted by molar-refractivity contribution is 0.119. The first-order chi connectivity index (χ1) is 12.8. The van der Waals surface area contributed by atoms with E-state index in [0.717, 1.165) is 18.4 Å². The number of phenols is 1. The van der Waals surface area contributed by atoms with Gasteiger partial charge in [-0.15, -0.1) is 0 Å². The molecule has 0 unspecified atom stereocenters. The Labute approximate surface area is 149 Å². The summed E-state index contributed by atoms with van der Waals surface area (Å²) in [6.45, 7) is 6.43. The largest absolute Gasteiger partial charge is 0.508 e. The zero-order valence-corrected chi connectivity index (χ0v) is 14.7. The number of aliphatic hydroxyl groups is 1. The van der Waals surface area contributed by atoms with Gasteiger partial charge in [0.15, 0.2) is 0 Å². The van der Waals surface area contributed by atoms with Crippen LogP contribution >= 0.6 is 0 Å². The molecule has 0 aromatic heterocycles. The van der Waals surface area contributed by atoms with E-state index in [1.807, 2.05) is 6.07 Å². The van der Waals surface area contributed by atoms with Crippen LogP contribution in [0.2, 0.25) is 0 Å². The minimum absolute atomic E-state index is 0.0498. The summed E-state index contributed by atoms with van der Waals surface area (Å²) in [7, 11) is 0. The van der Waals surface area contributed by atoms with Gasteiger partial charge in [0.1, 0.15) is 5.75 Å². The molecule has 0 saturated heterocycles. The second kappa shape index (κ2) is 8.19. The van der Waals surface area contributed by atoms with Crippen molar-refractivity contribution in [3.63, 3.8) is 0 Å². The van der Waals surface area contributed by atoms with Crippen LogP contribution in [0, 0.1) is 0 Å². The van der Waals surface area contributed by atoms with E-state index in [2.05, 4.69) is 20.8 Å². The Hall–Kier alpha value is -1.02. The molecule has 2 N–H and O–H groups in total. The van der Waals surface area contributed by atoms with Gasteiger partial charge in [-0.2, -0.15) is 0 Å².